The van der Waals surface area contributed by atoms with Crippen LogP contribution in [-0.2, 0) is 16.0 Å². The van der Waals surface area contributed by atoms with Crippen LogP contribution in [0.5, 0.6) is 0 Å². The van der Waals surface area contributed by atoms with Crippen LogP contribution in [0.1, 0.15) is 33.2 Å². The molecule has 164 valence electrons. The van der Waals surface area contributed by atoms with Crippen LogP contribution in [0.3, 0.4) is 0 Å². The van der Waals surface area contributed by atoms with Gasteiger partial charge in [-0.05, 0) is 19.4 Å². The summed E-state index contributed by atoms with van der Waals surface area (Å²) in [5.74, 6) is -0.435. The Morgan fingerprint density at radius 3 is 2.77 bits per heavy atom. The molecule has 0 aromatic carbocycles. The topological polar surface area (TPSA) is 129 Å². The second kappa shape index (κ2) is 9.12. The molecule has 4 rings (SSSR count). The highest BCUT2D eigenvalue weighted by atomic mass is 32.1. The van der Waals surface area contributed by atoms with Crippen molar-refractivity contribution in [1.82, 2.24) is 25.8 Å². The van der Waals surface area contributed by atoms with Crippen molar-refractivity contribution in [1.29, 1.82) is 0 Å². The lowest BCUT2D eigenvalue weighted by Crippen LogP contribution is -2.42. The maximum absolute atomic E-state index is 12.3. The van der Waals surface area contributed by atoms with Crippen molar-refractivity contribution in [3.63, 3.8) is 0 Å². The minimum absolute atomic E-state index is 0.0637. The van der Waals surface area contributed by atoms with Crippen LogP contribution in [0.15, 0.2) is 10.2 Å². The molecule has 4 heterocycles. The first-order chi connectivity index (χ1) is 14.9. The first-order valence-electron chi connectivity index (χ1n) is 9.78. The van der Waals surface area contributed by atoms with E-state index in [9.17, 15) is 14.4 Å². The second-order valence-electron chi connectivity index (χ2n) is 7.09. The van der Waals surface area contributed by atoms with Crippen LogP contribution in [-0.4, -0.2) is 53.1 Å². The molecule has 0 aliphatic carbocycles. The van der Waals surface area contributed by atoms with Crippen LogP contribution in [0.4, 0.5) is 5.13 Å². The van der Waals surface area contributed by atoms with E-state index < -0.39 is 11.8 Å². The summed E-state index contributed by atoms with van der Waals surface area (Å²) >= 11 is 2.84. The van der Waals surface area contributed by atoms with Crippen molar-refractivity contribution in [2.75, 3.05) is 31.2 Å². The van der Waals surface area contributed by atoms with E-state index in [1.807, 2.05) is 13.8 Å². The van der Waals surface area contributed by atoms with Crippen molar-refractivity contribution in [3.8, 4) is 0 Å². The zero-order valence-electron chi connectivity index (χ0n) is 17.1. The number of hydrogen-bond donors (Lipinski definition) is 3. The number of H-pyrrole nitrogens is 1. The summed E-state index contributed by atoms with van der Waals surface area (Å²) in [6.45, 7) is 6.58. The number of morpholine rings is 1. The van der Waals surface area contributed by atoms with E-state index in [1.54, 1.807) is 5.38 Å². The second-order valence-corrected chi connectivity index (χ2v) is 9.13. The van der Waals surface area contributed by atoms with E-state index in [2.05, 4.69) is 30.7 Å². The van der Waals surface area contributed by atoms with Crippen LogP contribution < -0.4 is 21.3 Å². The van der Waals surface area contributed by atoms with Gasteiger partial charge in [-0.2, -0.15) is 0 Å². The van der Waals surface area contributed by atoms with E-state index in [0.29, 0.717) is 29.3 Å². The summed E-state index contributed by atoms with van der Waals surface area (Å²) in [5, 5.41) is 3.01. The fourth-order valence-corrected chi connectivity index (χ4v) is 5.08. The zero-order valence-corrected chi connectivity index (χ0v) is 18.7. The number of aryl methyl sites for hydroxylation is 3. The van der Waals surface area contributed by atoms with Crippen LogP contribution in [0.2, 0.25) is 0 Å². The summed E-state index contributed by atoms with van der Waals surface area (Å²) in [4.78, 5) is 52.0. The van der Waals surface area contributed by atoms with Gasteiger partial charge in [-0.3, -0.25) is 25.2 Å². The summed E-state index contributed by atoms with van der Waals surface area (Å²) in [6.07, 6.45) is 0.314. The maximum atomic E-state index is 12.3. The van der Waals surface area contributed by atoms with Crippen LogP contribution in [0, 0.1) is 13.8 Å². The van der Waals surface area contributed by atoms with Gasteiger partial charge in [-0.25, -0.2) is 9.97 Å². The highest BCUT2D eigenvalue weighted by Crippen LogP contribution is 2.25. The lowest BCUT2D eigenvalue weighted by Gasteiger charge is -2.25. The molecule has 31 heavy (non-hydrogen) atoms. The van der Waals surface area contributed by atoms with E-state index in [0.717, 1.165) is 28.7 Å². The van der Waals surface area contributed by atoms with Gasteiger partial charge in [-0.1, -0.05) is 0 Å². The number of thiazole rings is 1. The van der Waals surface area contributed by atoms with E-state index in [1.165, 1.54) is 22.7 Å². The number of nitrogens with zero attached hydrogens (tertiary/aromatic N) is 3. The third-order valence-corrected chi connectivity index (χ3v) is 7.00. The van der Waals surface area contributed by atoms with Crippen molar-refractivity contribution in [3.05, 3.63) is 37.7 Å². The number of hydrazine groups is 1. The molecular weight excluding hydrogens is 440 g/mol. The van der Waals surface area contributed by atoms with Gasteiger partial charge >= 0.3 is 0 Å². The molecule has 0 saturated carbocycles. The number of hydrogen-bond acceptors (Lipinski definition) is 9. The fraction of sp³-hybridized carbons (Fsp3) is 0.421. The number of anilines is 1. The third kappa shape index (κ3) is 4.75. The molecule has 0 unspecified atom stereocenters. The predicted molar refractivity (Wildman–Crippen MR) is 119 cm³/mol. The van der Waals surface area contributed by atoms with Gasteiger partial charge in [0.2, 0.25) is 5.91 Å². The molecule has 3 aromatic rings. The quantitative estimate of drug-likeness (QED) is 0.487. The Hall–Kier alpha value is -2.83. The molecular formula is C19H22N6O4S2. The van der Waals surface area contributed by atoms with E-state index in [-0.39, 0.29) is 24.1 Å². The van der Waals surface area contributed by atoms with Crippen molar-refractivity contribution in [2.24, 2.45) is 0 Å². The average molecular weight is 463 g/mol. The Kier molecular flexibility index (Phi) is 6.30. The minimum atomic E-state index is -0.485. The maximum Gasteiger partial charge on any atom is 0.289 e. The molecule has 3 N–H and O–H groups in total. The number of fused-ring (bicyclic) bond motifs is 1. The average Bonchev–Trinajstić information content (AvgIpc) is 3.36. The van der Waals surface area contributed by atoms with Gasteiger partial charge in [0.1, 0.15) is 16.3 Å². The fourth-order valence-electron chi connectivity index (χ4n) is 3.17. The van der Waals surface area contributed by atoms with Gasteiger partial charge in [-0.15, -0.1) is 22.7 Å². The standard InChI is InChI=1S/C19H22N6O4S2/c1-10-11(2)31-18-15(10)17(28)21-13(22-18)3-4-14(26)23-24-16(27)12-9-30-19(20-12)25-5-7-29-8-6-25/h9H,3-8H2,1-2H3,(H,23,26)(H,24,27)(H,21,22,28). The summed E-state index contributed by atoms with van der Waals surface area (Å²) < 4.78 is 5.31. The molecule has 1 aliphatic heterocycles. The monoisotopic (exact) mass is 462 g/mol. The molecule has 1 aliphatic rings. The number of thiophene rings is 1. The summed E-state index contributed by atoms with van der Waals surface area (Å²) in [6, 6.07) is 0. The van der Waals surface area contributed by atoms with Crippen LogP contribution in [0.25, 0.3) is 10.2 Å². The molecule has 0 radical (unpaired) electrons. The van der Waals surface area contributed by atoms with Gasteiger partial charge < -0.3 is 14.6 Å². The molecule has 1 saturated heterocycles. The molecule has 12 heteroatoms. The number of carbonyl (C=O) groups is 2. The third-order valence-electron chi connectivity index (χ3n) is 5.00. The molecule has 3 aromatic heterocycles. The molecule has 0 spiro atoms. The first kappa shape index (κ1) is 21.4. The van der Waals surface area contributed by atoms with E-state index in [4.69, 9.17) is 4.74 Å². The molecule has 10 nitrogen and oxygen atoms in total. The SMILES string of the molecule is Cc1sc2nc(CCC(=O)NNC(=O)c3csc(N4CCOCC4)n3)[nH]c(=O)c2c1C. The minimum Gasteiger partial charge on any atom is -0.378 e. The molecule has 0 bridgehead atoms. The smallest absolute Gasteiger partial charge is 0.289 e. The molecule has 0 atom stereocenters. The van der Waals surface area contributed by atoms with Gasteiger partial charge in [0.25, 0.3) is 11.5 Å². The van der Waals surface area contributed by atoms with Crippen molar-refractivity contribution < 1.29 is 14.3 Å². The number of aromatic amines is 1. The van der Waals surface area contributed by atoms with E-state index >= 15 is 0 Å². The number of amides is 2. The van der Waals surface area contributed by atoms with Gasteiger partial charge in [0.15, 0.2) is 5.13 Å². The van der Waals surface area contributed by atoms with Crippen LogP contribution >= 0.6 is 22.7 Å². The molecule has 2 amide bonds. The number of aromatic nitrogens is 3. The number of ether oxygens (including phenoxy) is 1. The van der Waals surface area contributed by atoms with Crippen molar-refractivity contribution in [2.45, 2.75) is 26.7 Å². The lowest BCUT2D eigenvalue weighted by molar-refractivity contribution is -0.121. The largest absolute Gasteiger partial charge is 0.378 e. The van der Waals surface area contributed by atoms with Gasteiger partial charge in [0, 0.05) is 36.2 Å². The summed E-state index contributed by atoms with van der Waals surface area (Å²) in [7, 11) is 0. The highest BCUT2D eigenvalue weighted by Gasteiger charge is 2.18. The molecule has 1 fully saturated rings. The number of carbonyl (C=O) groups excluding carboxylic acids is 2. The number of rotatable bonds is 5. The Bertz CT molecular complexity index is 1180. The highest BCUT2D eigenvalue weighted by molar-refractivity contribution is 7.18. The lowest BCUT2D eigenvalue weighted by atomic mass is 10.2. The predicted octanol–water partition coefficient (Wildman–Crippen LogP) is 1.29. The Balaban J connectivity index is 1.29. The first-order valence-corrected chi connectivity index (χ1v) is 11.5. The number of nitrogens with one attached hydrogen (secondary N) is 3. The summed E-state index contributed by atoms with van der Waals surface area (Å²) in [5.41, 5.74) is 5.73. The normalized spacial score (nSPS) is 14.1. The Labute approximate surface area is 185 Å². The Morgan fingerprint density at radius 2 is 2.00 bits per heavy atom. The Morgan fingerprint density at radius 1 is 1.23 bits per heavy atom. The zero-order chi connectivity index (χ0) is 22.0. The van der Waals surface area contributed by atoms with Gasteiger partial charge in [0.05, 0.1) is 18.6 Å². The van der Waals surface area contributed by atoms with Crippen molar-refractivity contribution >= 4 is 49.8 Å².